The lowest BCUT2D eigenvalue weighted by Gasteiger charge is -2.26. The number of nitrogens with zero attached hydrogens (tertiary/aromatic N) is 5. The number of thiazole rings is 1. The number of carbonyl (C=O) groups is 1. The van der Waals surface area contributed by atoms with Crippen LogP contribution in [0.2, 0.25) is 0 Å². The number of alkyl halides is 2. The van der Waals surface area contributed by atoms with Crippen LogP contribution in [0.5, 0.6) is 0 Å². The molecule has 0 aromatic carbocycles. The molecule has 1 fully saturated rings. The van der Waals surface area contributed by atoms with E-state index < -0.39 is 24.4 Å². The van der Waals surface area contributed by atoms with Gasteiger partial charge in [-0.25, -0.2) is 13.8 Å². The summed E-state index contributed by atoms with van der Waals surface area (Å²) in [6.07, 6.45) is 3.11. The SMILES string of the molecule is Cc1cc(-c2nc(C(=O)Nc3cnn(C)c3N3CC[C@@H](N)CC(F)(F)C3)c(N)s2)ccn1. The van der Waals surface area contributed by atoms with Crippen LogP contribution in [-0.2, 0) is 7.05 Å². The minimum Gasteiger partial charge on any atom is -0.389 e. The third kappa shape index (κ3) is 4.55. The van der Waals surface area contributed by atoms with Gasteiger partial charge in [-0.05, 0) is 25.5 Å². The second kappa shape index (κ2) is 8.43. The molecule has 4 rings (SSSR count). The number of amides is 1. The Hall–Kier alpha value is -3.12. The largest absolute Gasteiger partial charge is 0.389 e. The second-order valence-electron chi connectivity index (χ2n) is 7.91. The van der Waals surface area contributed by atoms with Crippen molar-refractivity contribution in [2.24, 2.45) is 12.8 Å². The number of hydrogen-bond acceptors (Lipinski definition) is 8. The number of hydrogen-bond donors (Lipinski definition) is 3. The Bertz CT molecular complexity index is 1140. The number of anilines is 3. The summed E-state index contributed by atoms with van der Waals surface area (Å²) in [5.74, 6) is -3.10. The molecule has 1 saturated heterocycles. The second-order valence-corrected chi connectivity index (χ2v) is 8.94. The molecular formula is C20H24F2N8OS. The summed E-state index contributed by atoms with van der Waals surface area (Å²) in [6.45, 7) is 1.67. The predicted octanol–water partition coefficient (Wildman–Crippen LogP) is 2.64. The zero-order chi connectivity index (χ0) is 23.0. The fraction of sp³-hybridized carbons (Fsp3) is 0.400. The van der Waals surface area contributed by atoms with Crippen molar-refractivity contribution >= 4 is 33.8 Å². The lowest BCUT2D eigenvalue weighted by molar-refractivity contribution is -0.000526. The number of pyridine rings is 1. The molecule has 1 aliphatic rings. The highest BCUT2D eigenvalue weighted by atomic mass is 32.1. The number of halogens is 2. The molecule has 1 aliphatic heterocycles. The molecular weight excluding hydrogens is 438 g/mol. The van der Waals surface area contributed by atoms with Crippen molar-refractivity contribution in [3.05, 3.63) is 35.9 Å². The molecule has 32 heavy (non-hydrogen) atoms. The first-order valence-corrected chi connectivity index (χ1v) is 10.9. The van der Waals surface area contributed by atoms with Gasteiger partial charge in [0.2, 0.25) is 0 Å². The maximum atomic E-state index is 14.3. The molecule has 0 bridgehead atoms. The number of carbonyl (C=O) groups excluding carboxylic acids is 1. The van der Waals surface area contributed by atoms with Gasteiger partial charge < -0.3 is 21.7 Å². The van der Waals surface area contributed by atoms with E-state index in [0.717, 1.165) is 11.3 Å². The van der Waals surface area contributed by atoms with E-state index in [2.05, 4.69) is 20.4 Å². The normalized spacial score (nSPS) is 18.4. The third-order valence-electron chi connectivity index (χ3n) is 5.22. The Morgan fingerprint density at radius 1 is 1.41 bits per heavy atom. The summed E-state index contributed by atoms with van der Waals surface area (Å²) in [5, 5.41) is 7.72. The monoisotopic (exact) mass is 462 g/mol. The van der Waals surface area contributed by atoms with Crippen molar-refractivity contribution in [1.29, 1.82) is 0 Å². The molecule has 4 heterocycles. The molecule has 0 radical (unpaired) electrons. The van der Waals surface area contributed by atoms with Crippen LogP contribution in [-0.4, -0.2) is 50.7 Å². The van der Waals surface area contributed by atoms with Crippen molar-refractivity contribution < 1.29 is 13.6 Å². The molecule has 1 atom stereocenters. The van der Waals surface area contributed by atoms with E-state index in [4.69, 9.17) is 11.5 Å². The minimum atomic E-state index is -2.95. The molecule has 0 saturated carbocycles. The van der Waals surface area contributed by atoms with Crippen molar-refractivity contribution in [3.8, 4) is 10.6 Å². The molecule has 12 heteroatoms. The number of nitrogens with one attached hydrogen (secondary N) is 1. The number of rotatable bonds is 4. The van der Waals surface area contributed by atoms with Crippen molar-refractivity contribution in [1.82, 2.24) is 19.7 Å². The zero-order valence-electron chi connectivity index (χ0n) is 17.7. The van der Waals surface area contributed by atoms with E-state index in [-0.39, 0.29) is 17.1 Å². The highest BCUT2D eigenvalue weighted by Gasteiger charge is 2.38. The molecule has 0 spiro atoms. The standard InChI is InChI=1S/C20H24F2N8OS/c1-11-7-12(3-5-25-11)18-28-15(16(24)32-18)17(31)27-14-9-26-29(2)19(14)30-6-4-13(23)8-20(21,22)10-30/h3,5,7,9,13H,4,6,8,10,23-24H2,1-2H3,(H,27,31)/t13-/m1/s1. The summed E-state index contributed by atoms with van der Waals surface area (Å²) < 4.78 is 30.1. The fourth-order valence-corrected chi connectivity index (χ4v) is 4.61. The third-order valence-corrected chi connectivity index (χ3v) is 6.15. The number of aryl methyl sites for hydroxylation is 2. The highest BCUT2D eigenvalue weighted by molar-refractivity contribution is 7.19. The van der Waals surface area contributed by atoms with Gasteiger partial charge in [0.25, 0.3) is 11.8 Å². The molecule has 3 aromatic rings. The van der Waals surface area contributed by atoms with Gasteiger partial charge >= 0.3 is 0 Å². The van der Waals surface area contributed by atoms with Crippen molar-refractivity contribution in [2.45, 2.75) is 31.7 Å². The Balaban J connectivity index is 1.59. The number of aromatic nitrogens is 4. The number of nitrogens with two attached hydrogens (primary N) is 2. The van der Waals surface area contributed by atoms with Gasteiger partial charge in [-0.1, -0.05) is 11.3 Å². The first-order valence-electron chi connectivity index (χ1n) is 10.0. The minimum absolute atomic E-state index is 0.0671. The van der Waals surface area contributed by atoms with E-state index in [1.165, 1.54) is 27.1 Å². The molecule has 170 valence electrons. The van der Waals surface area contributed by atoms with Crippen LogP contribution >= 0.6 is 11.3 Å². The Morgan fingerprint density at radius 2 is 2.19 bits per heavy atom. The lowest BCUT2D eigenvalue weighted by atomic mass is 10.1. The predicted molar refractivity (Wildman–Crippen MR) is 120 cm³/mol. The van der Waals surface area contributed by atoms with Crippen LogP contribution in [0.15, 0.2) is 24.5 Å². The topological polar surface area (TPSA) is 128 Å². The van der Waals surface area contributed by atoms with Gasteiger partial charge in [0.15, 0.2) is 11.5 Å². The van der Waals surface area contributed by atoms with Crippen LogP contribution in [0.4, 0.5) is 25.3 Å². The summed E-state index contributed by atoms with van der Waals surface area (Å²) in [5.41, 5.74) is 13.9. The van der Waals surface area contributed by atoms with Crippen LogP contribution in [0.3, 0.4) is 0 Å². The van der Waals surface area contributed by atoms with E-state index in [1.54, 1.807) is 19.3 Å². The Kier molecular flexibility index (Phi) is 5.82. The van der Waals surface area contributed by atoms with Gasteiger partial charge in [0, 0.05) is 43.5 Å². The first kappa shape index (κ1) is 22.1. The van der Waals surface area contributed by atoms with Crippen LogP contribution < -0.4 is 21.7 Å². The van der Waals surface area contributed by atoms with Crippen LogP contribution in [0.25, 0.3) is 10.6 Å². The Morgan fingerprint density at radius 3 is 2.94 bits per heavy atom. The smallest absolute Gasteiger partial charge is 0.277 e. The molecule has 3 aromatic heterocycles. The summed E-state index contributed by atoms with van der Waals surface area (Å²) >= 11 is 1.19. The molecule has 5 N–H and O–H groups in total. The van der Waals surface area contributed by atoms with Crippen LogP contribution in [0, 0.1) is 6.92 Å². The van der Waals surface area contributed by atoms with Gasteiger partial charge in [0.05, 0.1) is 12.7 Å². The maximum Gasteiger partial charge on any atom is 0.277 e. The number of nitrogen functional groups attached to an aromatic ring is 1. The van der Waals surface area contributed by atoms with Gasteiger partial charge in [-0.3, -0.25) is 14.5 Å². The van der Waals surface area contributed by atoms with Crippen molar-refractivity contribution in [2.75, 3.05) is 29.0 Å². The molecule has 9 nitrogen and oxygen atoms in total. The Labute approximate surface area is 187 Å². The summed E-state index contributed by atoms with van der Waals surface area (Å²) in [7, 11) is 1.63. The van der Waals surface area contributed by atoms with Crippen LogP contribution in [0.1, 0.15) is 29.0 Å². The van der Waals surface area contributed by atoms with E-state index in [9.17, 15) is 13.6 Å². The molecule has 0 aliphatic carbocycles. The zero-order valence-corrected chi connectivity index (χ0v) is 18.5. The van der Waals surface area contributed by atoms with Gasteiger partial charge in [-0.2, -0.15) is 5.10 Å². The fourth-order valence-electron chi connectivity index (χ4n) is 3.78. The maximum absolute atomic E-state index is 14.3. The average molecular weight is 463 g/mol. The lowest BCUT2D eigenvalue weighted by Crippen LogP contribution is -2.37. The first-order chi connectivity index (χ1) is 15.1. The quantitative estimate of drug-likeness (QED) is 0.544. The van der Waals surface area contributed by atoms with Crippen molar-refractivity contribution in [3.63, 3.8) is 0 Å². The summed E-state index contributed by atoms with van der Waals surface area (Å²) in [4.78, 5) is 23.0. The van der Waals surface area contributed by atoms with Gasteiger partial charge in [-0.15, -0.1) is 0 Å². The molecule has 0 unspecified atom stereocenters. The van der Waals surface area contributed by atoms with E-state index in [1.807, 2.05) is 13.0 Å². The molecule has 1 amide bonds. The highest BCUT2D eigenvalue weighted by Crippen LogP contribution is 2.34. The van der Waals surface area contributed by atoms with Gasteiger partial charge in [0.1, 0.15) is 15.7 Å². The average Bonchev–Trinajstić information content (AvgIpc) is 3.23. The van der Waals surface area contributed by atoms with E-state index >= 15 is 0 Å². The summed E-state index contributed by atoms with van der Waals surface area (Å²) in [6, 6.07) is 3.05. The van der Waals surface area contributed by atoms with E-state index in [0.29, 0.717) is 29.5 Å².